The molecule has 0 heterocycles. The lowest BCUT2D eigenvalue weighted by atomic mass is 10.0. The fourth-order valence-electron chi connectivity index (χ4n) is 14.3. The third-order valence-corrected chi connectivity index (χ3v) is 20.7. The van der Waals surface area contributed by atoms with E-state index in [9.17, 15) is 4.79 Å². The van der Waals surface area contributed by atoms with Crippen LogP contribution >= 0.6 is 0 Å². The van der Waals surface area contributed by atoms with Gasteiger partial charge in [0, 0.05) is 26.1 Å². The summed E-state index contributed by atoms with van der Waals surface area (Å²) in [6.45, 7) is 6.70. The summed E-state index contributed by atoms with van der Waals surface area (Å²) in [6.07, 6.45) is 110. The largest absolute Gasteiger partial charge is 0.481 e. The van der Waals surface area contributed by atoms with Gasteiger partial charge >= 0.3 is 5.97 Å². The maximum atomic E-state index is 10.5. The highest BCUT2D eigenvalue weighted by Gasteiger charge is 2.03. The van der Waals surface area contributed by atoms with Crippen LogP contribution in [0.4, 0.5) is 0 Å². The molecule has 0 saturated heterocycles. The Kier molecular flexibility index (Phi) is 86.7. The van der Waals surface area contributed by atoms with Gasteiger partial charge in [0.25, 0.3) is 0 Å². The number of carboxylic acid groups (broad SMARTS) is 1. The number of aliphatic carboxylic acids is 1. The van der Waals surface area contributed by atoms with Gasteiger partial charge < -0.3 is 26.2 Å². The van der Waals surface area contributed by atoms with Crippen molar-refractivity contribution in [2.75, 3.05) is 45.9 Å². The van der Waals surface area contributed by atoms with Gasteiger partial charge in [0.15, 0.2) is 0 Å². The summed E-state index contributed by atoms with van der Waals surface area (Å²) in [7, 11) is 0. The van der Waals surface area contributed by atoms with Crippen LogP contribution in [0.2, 0.25) is 0 Å². The number of aliphatic hydroxyl groups excluding tert-OH is 1. The molecule has 0 rings (SSSR count). The number of carbonyl (C=O) groups is 1. The Morgan fingerprint density at radius 1 is 0.154 bits per heavy atom. The minimum atomic E-state index is -0.690. The lowest BCUT2D eigenvalue weighted by molar-refractivity contribution is -0.137. The maximum Gasteiger partial charge on any atom is 0.303 e. The first-order chi connectivity index (χ1) is 45.3. The fraction of sp³-hybridized carbons (Fsp3) is 0.988. The van der Waals surface area contributed by atoms with E-state index < -0.39 is 5.97 Å². The topological polar surface area (TPSA) is 93.6 Å². The van der Waals surface area contributed by atoms with Gasteiger partial charge in [-0.25, -0.2) is 0 Å². The zero-order valence-electron chi connectivity index (χ0n) is 62.7. The molecule has 0 aromatic carbocycles. The van der Waals surface area contributed by atoms with E-state index >= 15 is 0 Å². The Morgan fingerprint density at radius 3 is 0.407 bits per heavy atom. The molecule has 0 unspecified atom stereocenters. The fourth-order valence-corrected chi connectivity index (χ4v) is 14.3. The molecule has 0 aromatic rings. The molecule has 0 aliphatic carbocycles. The summed E-state index contributed by atoms with van der Waals surface area (Å²) in [5.74, 6) is -0.690. The van der Waals surface area contributed by atoms with Crippen LogP contribution in [0.1, 0.15) is 494 Å². The van der Waals surface area contributed by atoms with Crippen molar-refractivity contribution in [1.82, 2.24) is 16.0 Å². The smallest absolute Gasteiger partial charge is 0.303 e. The van der Waals surface area contributed by atoms with Crippen molar-refractivity contribution >= 4 is 5.97 Å². The Labute approximate surface area is 574 Å². The van der Waals surface area contributed by atoms with Crippen LogP contribution in [0.3, 0.4) is 0 Å². The molecule has 0 saturated carbocycles. The van der Waals surface area contributed by atoms with Gasteiger partial charge in [0.1, 0.15) is 0 Å². The van der Waals surface area contributed by atoms with Gasteiger partial charge in [-0.05, 0) is 64.7 Å². The summed E-state index contributed by atoms with van der Waals surface area (Å²) >= 11 is 0. The molecule has 0 spiro atoms. The second-order valence-electron chi connectivity index (χ2n) is 30.0. The van der Waals surface area contributed by atoms with Gasteiger partial charge in [0.2, 0.25) is 0 Å². The average molecular weight is 1290 g/mol. The lowest BCUT2D eigenvalue weighted by Crippen LogP contribution is -2.28. The second kappa shape index (κ2) is 87.3. The van der Waals surface area contributed by atoms with Crippen molar-refractivity contribution in [3.8, 4) is 0 Å². The predicted octanol–water partition coefficient (Wildman–Crippen LogP) is 27.9. The number of unbranched alkanes of at least 4 members (excludes halogenated alkanes) is 73. The molecule has 6 heteroatoms. The molecule has 6 nitrogen and oxygen atoms in total. The Hall–Kier alpha value is -0.690. The van der Waals surface area contributed by atoms with Gasteiger partial charge in [-0.3, -0.25) is 4.79 Å². The normalized spacial score (nSPS) is 11.7. The molecule has 0 aliphatic heterocycles. The molecular formula is C85H173N3O3. The summed E-state index contributed by atoms with van der Waals surface area (Å²) < 4.78 is 0. The van der Waals surface area contributed by atoms with Gasteiger partial charge in [-0.1, -0.05) is 449 Å². The van der Waals surface area contributed by atoms with Crippen molar-refractivity contribution in [3.05, 3.63) is 0 Å². The number of hydrogen-bond donors (Lipinski definition) is 5. The average Bonchev–Trinajstić information content (AvgIpc) is 3.55. The number of carboxylic acids is 1. The molecule has 5 N–H and O–H groups in total. The second-order valence-corrected chi connectivity index (χ2v) is 30.0. The standard InChI is InChI=1S/C85H173N3O3/c89-84-76-69-67-65-63-61-59-57-55-53-51-49-47-45-43-41-39-37-35-33-31-29-27-25-23-21-19-17-15-13-11-9-7-5-3-1-2-4-6-8-10-12-14-16-18-20-22-24-26-28-30-32-34-36-38-40-42-44-46-48-50-52-54-56-58-60-62-64-66-68-72-78-86-79-73-70-74-80-87-82-83-88-81-75-71-77-85(90)91/h86-89H,1-84H2,(H,90,91). The maximum absolute atomic E-state index is 10.5. The van der Waals surface area contributed by atoms with E-state index in [-0.39, 0.29) is 6.42 Å². The van der Waals surface area contributed by atoms with Crippen molar-refractivity contribution in [2.45, 2.75) is 494 Å². The Balaban J connectivity index is 3.09. The van der Waals surface area contributed by atoms with Gasteiger partial charge in [0.05, 0.1) is 0 Å². The van der Waals surface area contributed by atoms with Crippen molar-refractivity contribution in [3.63, 3.8) is 0 Å². The molecular weight excluding hydrogens is 1110 g/mol. The number of rotatable bonds is 87. The van der Waals surface area contributed by atoms with E-state index in [1.54, 1.807) is 0 Å². The van der Waals surface area contributed by atoms with Crippen LogP contribution in [-0.4, -0.2) is 62.1 Å². The summed E-state index contributed by atoms with van der Waals surface area (Å²) in [6, 6.07) is 0. The number of nitrogens with one attached hydrogen (secondary N) is 3. The molecule has 0 fully saturated rings. The lowest BCUT2D eigenvalue weighted by Gasteiger charge is -2.07. The first-order valence-electron chi connectivity index (χ1n) is 43.2. The first-order valence-corrected chi connectivity index (χ1v) is 43.2. The van der Waals surface area contributed by atoms with Crippen LogP contribution in [0, 0.1) is 0 Å². The highest BCUT2D eigenvalue weighted by Crippen LogP contribution is 2.21. The predicted molar refractivity (Wildman–Crippen MR) is 409 cm³/mol. The van der Waals surface area contributed by atoms with Gasteiger partial charge in [-0.15, -0.1) is 0 Å². The van der Waals surface area contributed by atoms with Crippen molar-refractivity contribution < 1.29 is 15.0 Å². The minimum absolute atomic E-state index is 0.286. The van der Waals surface area contributed by atoms with Crippen LogP contribution < -0.4 is 16.0 Å². The Bertz CT molecular complexity index is 1250. The van der Waals surface area contributed by atoms with E-state index in [1.165, 1.54) is 475 Å². The molecule has 0 bridgehead atoms. The third-order valence-electron chi connectivity index (χ3n) is 20.7. The van der Waals surface area contributed by atoms with E-state index in [2.05, 4.69) is 16.0 Å². The van der Waals surface area contributed by atoms with E-state index in [4.69, 9.17) is 10.2 Å². The monoisotopic (exact) mass is 1280 g/mol. The van der Waals surface area contributed by atoms with Gasteiger partial charge in [-0.2, -0.15) is 0 Å². The van der Waals surface area contributed by atoms with E-state index in [0.717, 1.165) is 52.0 Å². The third kappa shape index (κ3) is 89.3. The van der Waals surface area contributed by atoms with Crippen LogP contribution in [0.25, 0.3) is 0 Å². The SMILES string of the molecule is O=C(O)CCCCNCCNCCCCCNCCCCCCCCCCCCCCCCCCCCCCCCCCCCCCCCCCCCCCCCCCCCCCCCCCCCCCCCCCCCCCCCCCCCCCCCCO. The quantitative estimate of drug-likeness (QED) is 0.0390. The first kappa shape index (κ1) is 90.3. The zero-order chi connectivity index (χ0) is 65.1. The van der Waals surface area contributed by atoms with Crippen LogP contribution in [0.5, 0.6) is 0 Å². The summed E-state index contributed by atoms with van der Waals surface area (Å²) in [5.41, 5.74) is 0. The molecule has 0 amide bonds. The van der Waals surface area contributed by atoms with Crippen LogP contribution in [0.15, 0.2) is 0 Å². The van der Waals surface area contributed by atoms with Crippen molar-refractivity contribution in [1.29, 1.82) is 0 Å². The molecule has 0 aliphatic rings. The molecule has 91 heavy (non-hydrogen) atoms. The molecule has 0 aromatic heterocycles. The number of aliphatic hydroxyl groups is 1. The highest BCUT2D eigenvalue weighted by molar-refractivity contribution is 5.66. The van der Waals surface area contributed by atoms with Crippen LogP contribution in [-0.2, 0) is 4.79 Å². The minimum Gasteiger partial charge on any atom is -0.481 e. The van der Waals surface area contributed by atoms with E-state index in [1.807, 2.05) is 0 Å². The molecule has 0 atom stereocenters. The molecule has 0 radical (unpaired) electrons. The number of hydrogen-bond acceptors (Lipinski definition) is 5. The summed E-state index contributed by atoms with van der Waals surface area (Å²) in [4.78, 5) is 10.5. The highest BCUT2D eigenvalue weighted by atomic mass is 16.4. The molecule has 546 valence electrons. The Morgan fingerprint density at radius 2 is 0.264 bits per heavy atom. The van der Waals surface area contributed by atoms with Crippen molar-refractivity contribution in [2.24, 2.45) is 0 Å². The zero-order valence-corrected chi connectivity index (χ0v) is 62.7. The summed E-state index contributed by atoms with van der Waals surface area (Å²) in [5, 5.41) is 28.1. The van der Waals surface area contributed by atoms with E-state index in [0.29, 0.717) is 6.61 Å².